The standard InChI is InChI=1S/C14H19ClN2O/c1-2-12(10-5-3-6-11(15)9-10)17-14(18)13-7-4-8-16-13/h3,5-6,9,12-13,16H,2,4,7-8H2,1H3,(H,17,18)/t12?,13-/m1/s1. The van der Waals surface area contributed by atoms with Crippen molar-refractivity contribution in [3.8, 4) is 0 Å². The first-order valence-electron chi connectivity index (χ1n) is 6.50. The van der Waals surface area contributed by atoms with Crippen molar-refractivity contribution in [3.63, 3.8) is 0 Å². The molecule has 1 unspecified atom stereocenters. The van der Waals surface area contributed by atoms with Gasteiger partial charge in [-0.3, -0.25) is 4.79 Å². The van der Waals surface area contributed by atoms with Crippen molar-refractivity contribution in [1.29, 1.82) is 0 Å². The number of halogens is 1. The minimum absolute atomic E-state index is 0.0294. The van der Waals surface area contributed by atoms with E-state index in [0.29, 0.717) is 5.02 Å². The maximum Gasteiger partial charge on any atom is 0.237 e. The third-order valence-electron chi connectivity index (χ3n) is 3.35. The molecule has 18 heavy (non-hydrogen) atoms. The van der Waals surface area contributed by atoms with Crippen LogP contribution in [0.3, 0.4) is 0 Å². The predicted octanol–water partition coefficient (Wildman–Crippen LogP) is 2.66. The molecule has 0 aromatic heterocycles. The van der Waals surface area contributed by atoms with Crippen LogP contribution >= 0.6 is 11.6 Å². The minimum atomic E-state index is -0.0294. The van der Waals surface area contributed by atoms with Gasteiger partial charge in [0, 0.05) is 5.02 Å². The van der Waals surface area contributed by atoms with Crippen LogP contribution in [0, 0.1) is 0 Å². The molecule has 3 nitrogen and oxygen atoms in total. The number of hydrogen-bond acceptors (Lipinski definition) is 2. The van der Waals surface area contributed by atoms with E-state index in [1.54, 1.807) is 0 Å². The van der Waals surface area contributed by atoms with E-state index < -0.39 is 0 Å². The lowest BCUT2D eigenvalue weighted by Gasteiger charge is -2.20. The lowest BCUT2D eigenvalue weighted by atomic mass is 10.0. The quantitative estimate of drug-likeness (QED) is 0.880. The first-order chi connectivity index (χ1) is 8.70. The summed E-state index contributed by atoms with van der Waals surface area (Å²) in [5, 5.41) is 7.01. The Hall–Kier alpha value is -1.06. The summed E-state index contributed by atoms with van der Waals surface area (Å²) < 4.78 is 0. The van der Waals surface area contributed by atoms with Gasteiger partial charge in [-0.1, -0.05) is 30.7 Å². The van der Waals surface area contributed by atoms with Gasteiger partial charge in [-0.2, -0.15) is 0 Å². The molecular weight excluding hydrogens is 248 g/mol. The Bertz CT molecular complexity index is 416. The van der Waals surface area contributed by atoms with Crippen LogP contribution in [0.5, 0.6) is 0 Å². The van der Waals surface area contributed by atoms with Crippen molar-refractivity contribution in [2.75, 3.05) is 6.54 Å². The summed E-state index contributed by atoms with van der Waals surface area (Å²) in [7, 11) is 0. The van der Waals surface area contributed by atoms with Crippen molar-refractivity contribution in [2.45, 2.75) is 38.3 Å². The molecule has 1 fully saturated rings. The fraction of sp³-hybridized carbons (Fsp3) is 0.500. The van der Waals surface area contributed by atoms with E-state index in [0.717, 1.165) is 31.4 Å². The first-order valence-corrected chi connectivity index (χ1v) is 6.87. The summed E-state index contributed by atoms with van der Waals surface area (Å²) in [6.07, 6.45) is 2.86. The van der Waals surface area contributed by atoms with Crippen molar-refractivity contribution in [3.05, 3.63) is 34.9 Å². The Morgan fingerprint density at radius 2 is 2.44 bits per heavy atom. The Morgan fingerprint density at radius 1 is 1.61 bits per heavy atom. The average Bonchev–Trinajstić information content (AvgIpc) is 2.89. The maximum absolute atomic E-state index is 12.1. The molecule has 98 valence electrons. The molecule has 1 saturated heterocycles. The Balaban J connectivity index is 2.02. The molecule has 0 aliphatic carbocycles. The number of nitrogens with one attached hydrogen (secondary N) is 2. The number of carbonyl (C=O) groups excluding carboxylic acids is 1. The molecule has 2 atom stereocenters. The third-order valence-corrected chi connectivity index (χ3v) is 3.59. The molecular formula is C14H19ClN2O. The largest absolute Gasteiger partial charge is 0.348 e. The molecule has 1 amide bonds. The summed E-state index contributed by atoms with van der Waals surface area (Å²) in [6.45, 7) is 3.00. The van der Waals surface area contributed by atoms with Crippen LogP contribution in [0.4, 0.5) is 0 Å². The fourth-order valence-corrected chi connectivity index (χ4v) is 2.52. The lowest BCUT2D eigenvalue weighted by Crippen LogP contribution is -2.41. The van der Waals surface area contributed by atoms with Gasteiger partial charge in [-0.15, -0.1) is 0 Å². The second-order valence-electron chi connectivity index (χ2n) is 4.67. The molecule has 1 aliphatic heterocycles. The number of rotatable bonds is 4. The van der Waals surface area contributed by atoms with E-state index in [2.05, 4.69) is 17.6 Å². The summed E-state index contributed by atoms with van der Waals surface area (Å²) in [6, 6.07) is 7.69. The highest BCUT2D eigenvalue weighted by atomic mass is 35.5. The molecule has 1 aromatic rings. The molecule has 0 spiro atoms. The van der Waals surface area contributed by atoms with Crippen LogP contribution in [0.25, 0.3) is 0 Å². The molecule has 0 bridgehead atoms. The maximum atomic E-state index is 12.1. The number of carbonyl (C=O) groups is 1. The van der Waals surface area contributed by atoms with Gasteiger partial charge in [-0.25, -0.2) is 0 Å². The second-order valence-corrected chi connectivity index (χ2v) is 5.11. The Morgan fingerprint density at radius 3 is 3.06 bits per heavy atom. The molecule has 2 N–H and O–H groups in total. The van der Waals surface area contributed by atoms with Crippen LogP contribution in [-0.2, 0) is 4.79 Å². The monoisotopic (exact) mass is 266 g/mol. The van der Waals surface area contributed by atoms with E-state index in [9.17, 15) is 4.79 Å². The van der Waals surface area contributed by atoms with Gasteiger partial charge < -0.3 is 10.6 Å². The van der Waals surface area contributed by atoms with Gasteiger partial charge in [0.15, 0.2) is 0 Å². The zero-order valence-electron chi connectivity index (χ0n) is 10.6. The summed E-state index contributed by atoms with van der Waals surface area (Å²) in [4.78, 5) is 12.1. The number of amides is 1. The molecule has 0 radical (unpaired) electrons. The highest BCUT2D eigenvalue weighted by molar-refractivity contribution is 6.30. The zero-order chi connectivity index (χ0) is 13.0. The van der Waals surface area contributed by atoms with E-state index in [4.69, 9.17) is 11.6 Å². The average molecular weight is 267 g/mol. The van der Waals surface area contributed by atoms with Gasteiger partial charge >= 0.3 is 0 Å². The van der Waals surface area contributed by atoms with E-state index in [-0.39, 0.29) is 18.0 Å². The SMILES string of the molecule is CCC(NC(=O)[C@H]1CCCN1)c1cccc(Cl)c1. The Kier molecular flexibility index (Phi) is 4.61. The van der Waals surface area contributed by atoms with Gasteiger partial charge in [0.1, 0.15) is 0 Å². The van der Waals surface area contributed by atoms with Crippen molar-refractivity contribution in [2.24, 2.45) is 0 Å². The minimum Gasteiger partial charge on any atom is -0.348 e. The highest BCUT2D eigenvalue weighted by Gasteiger charge is 2.24. The smallest absolute Gasteiger partial charge is 0.237 e. The van der Waals surface area contributed by atoms with E-state index in [1.165, 1.54) is 0 Å². The third kappa shape index (κ3) is 3.24. The van der Waals surface area contributed by atoms with Crippen LogP contribution in [-0.4, -0.2) is 18.5 Å². The van der Waals surface area contributed by atoms with Gasteiger partial charge in [0.2, 0.25) is 5.91 Å². The molecule has 0 saturated carbocycles. The van der Waals surface area contributed by atoms with Crippen molar-refractivity contribution < 1.29 is 4.79 Å². The number of benzene rings is 1. The molecule has 1 heterocycles. The topological polar surface area (TPSA) is 41.1 Å². The summed E-state index contributed by atoms with van der Waals surface area (Å²) in [5.74, 6) is 0.0966. The molecule has 2 rings (SSSR count). The van der Waals surface area contributed by atoms with Gasteiger partial charge in [0.05, 0.1) is 12.1 Å². The summed E-state index contributed by atoms with van der Waals surface area (Å²) in [5.41, 5.74) is 1.07. The second kappa shape index (κ2) is 6.21. The first kappa shape index (κ1) is 13.4. The Labute approximate surface area is 113 Å². The van der Waals surface area contributed by atoms with Crippen LogP contribution in [0.1, 0.15) is 37.8 Å². The zero-order valence-corrected chi connectivity index (χ0v) is 11.3. The van der Waals surface area contributed by atoms with Gasteiger partial charge in [0.25, 0.3) is 0 Å². The molecule has 1 aliphatic rings. The van der Waals surface area contributed by atoms with Crippen LogP contribution in [0.15, 0.2) is 24.3 Å². The van der Waals surface area contributed by atoms with Crippen LogP contribution < -0.4 is 10.6 Å². The van der Waals surface area contributed by atoms with Crippen molar-refractivity contribution >= 4 is 17.5 Å². The van der Waals surface area contributed by atoms with Crippen molar-refractivity contribution in [1.82, 2.24) is 10.6 Å². The summed E-state index contributed by atoms with van der Waals surface area (Å²) >= 11 is 5.98. The predicted molar refractivity (Wildman–Crippen MR) is 73.7 cm³/mol. The molecule has 4 heteroatoms. The van der Waals surface area contributed by atoms with E-state index in [1.807, 2.05) is 24.3 Å². The normalized spacial score (nSPS) is 20.7. The highest BCUT2D eigenvalue weighted by Crippen LogP contribution is 2.20. The van der Waals surface area contributed by atoms with Gasteiger partial charge in [-0.05, 0) is 43.5 Å². The number of hydrogen-bond donors (Lipinski definition) is 2. The lowest BCUT2D eigenvalue weighted by molar-refractivity contribution is -0.123. The van der Waals surface area contributed by atoms with E-state index >= 15 is 0 Å². The fourth-order valence-electron chi connectivity index (χ4n) is 2.33. The van der Waals surface area contributed by atoms with Crippen LogP contribution in [0.2, 0.25) is 5.02 Å². The molecule has 1 aromatic carbocycles.